The molecule has 1 aromatic rings. The third-order valence-electron chi connectivity index (χ3n) is 2.52. The monoisotopic (exact) mass is 330 g/mol. The zero-order valence-corrected chi connectivity index (χ0v) is 12.7. The molecule has 4 nitrogen and oxygen atoms in total. The highest BCUT2D eigenvalue weighted by Crippen LogP contribution is 2.20. The van der Waals surface area contributed by atoms with Crippen molar-refractivity contribution in [2.75, 3.05) is 17.6 Å². The summed E-state index contributed by atoms with van der Waals surface area (Å²) in [5.74, 6) is 0.0611. The molecule has 0 amide bonds. The van der Waals surface area contributed by atoms with E-state index in [-0.39, 0.29) is 11.0 Å². The van der Waals surface area contributed by atoms with Gasteiger partial charge in [0.1, 0.15) is 6.07 Å². The predicted octanol–water partition coefficient (Wildman–Crippen LogP) is 2.56. The molecule has 0 aliphatic heterocycles. The third kappa shape index (κ3) is 4.00. The van der Waals surface area contributed by atoms with Crippen molar-refractivity contribution in [1.29, 1.82) is 5.26 Å². The molecule has 0 atom stereocenters. The van der Waals surface area contributed by atoms with Crippen LogP contribution in [-0.4, -0.2) is 26.0 Å². The van der Waals surface area contributed by atoms with E-state index in [1.807, 2.05) is 0 Å². The van der Waals surface area contributed by atoms with Gasteiger partial charge in [-0.25, -0.2) is 8.42 Å². The largest absolute Gasteiger partial charge is 0.383 e. The van der Waals surface area contributed by atoms with Crippen molar-refractivity contribution < 1.29 is 8.42 Å². The van der Waals surface area contributed by atoms with Gasteiger partial charge >= 0.3 is 0 Å². The average molecular weight is 331 g/mol. The summed E-state index contributed by atoms with van der Waals surface area (Å²) >= 11 is 3.28. The summed E-state index contributed by atoms with van der Waals surface area (Å²) in [5.41, 5.74) is 1.14. The second kappa shape index (κ2) is 6.21. The maximum absolute atomic E-state index is 11.6. The van der Waals surface area contributed by atoms with Crippen molar-refractivity contribution >= 4 is 31.5 Å². The minimum atomic E-state index is -3.05. The molecule has 0 aliphatic rings. The van der Waals surface area contributed by atoms with Gasteiger partial charge in [-0.05, 0) is 32.0 Å². The Morgan fingerprint density at radius 3 is 2.67 bits per heavy atom. The Balaban J connectivity index is 2.69. The first-order chi connectivity index (χ1) is 8.36. The second-order valence-electron chi connectivity index (χ2n) is 4.14. The molecule has 0 heterocycles. The number of nitrogens with one attached hydrogen (secondary N) is 1. The molecule has 18 heavy (non-hydrogen) atoms. The van der Waals surface area contributed by atoms with Crippen LogP contribution in [0.5, 0.6) is 0 Å². The van der Waals surface area contributed by atoms with E-state index in [2.05, 4.69) is 27.3 Å². The summed E-state index contributed by atoms with van der Waals surface area (Å²) in [6.45, 7) is 3.63. The molecule has 0 radical (unpaired) electrons. The SMILES string of the molecule is CC(C)S(=O)(=O)CCNc1ccc(Br)cc1C#N. The lowest BCUT2D eigenvalue weighted by molar-refractivity contribution is 0.588. The predicted molar refractivity (Wildman–Crippen MR) is 76.3 cm³/mol. The van der Waals surface area contributed by atoms with E-state index in [0.717, 1.165) is 4.47 Å². The molecule has 1 rings (SSSR count). The molecule has 0 bridgehead atoms. The van der Waals surface area contributed by atoms with Gasteiger partial charge in [0.25, 0.3) is 0 Å². The van der Waals surface area contributed by atoms with Gasteiger partial charge in [0.15, 0.2) is 9.84 Å². The molecule has 98 valence electrons. The molecule has 0 saturated heterocycles. The molecule has 0 aliphatic carbocycles. The summed E-state index contributed by atoms with van der Waals surface area (Å²) in [7, 11) is -3.05. The molecule has 0 saturated carbocycles. The van der Waals surface area contributed by atoms with Crippen molar-refractivity contribution in [3.63, 3.8) is 0 Å². The Hall–Kier alpha value is -1.06. The molecule has 1 N–H and O–H groups in total. The molecular weight excluding hydrogens is 316 g/mol. The van der Waals surface area contributed by atoms with Crippen LogP contribution in [0.15, 0.2) is 22.7 Å². The van der Waals surface area contributed by atoms with E-state index in [9.17, 15) is 8.42 Å². The zero-order chi connectivity index (χ0) is 13.8. The van der Waals surface area contributed by atoms with E-state index in [4.69, 9.17) is 5.26 Å². The minimum Gasteiger partial charge on any atom is -0.383 e. The van der Waals surface area contributed by atoms with Gasteiger partial charge in [-0.2, -0.15) is 5.26 Å². The lowest BCUT2D eigenvalue weighted by atomic mass is 10.2. The molecule has 0 aromatic heterocycles. The van der Waals surface area contributed by atoms with Crippen molar-refractivity contribution in [3.8, 4) is 6.07 Å². The van der Waals surface area contributed by atoms with Gasteiger partial charge in [-0.3, -0.25) is 0 Å². The number of hydrogen-bond donors (Lipinski definition) is 1. The van der Waals surface area contributed by atoms with Crippen molar-refractivity contribution in [1.82, 2.24) is 0 Å². The highest BCUT2D eigenvalue weighted by atomic mass is 79.9. The van der Waals surface area contributed by atoms with Gasteiger partial charge in [0.05, 0.1) is 22.3 Å². The fourth-order valence-corrected chi connectivity index (χ4v) is 2.55. The van der Waals surface area contributed by atoms with E-state index in [1.165, 1.54) is 0 Å². The Bertz CT molecular complexity index is 562. The standard InChI is InChI=1S/C12H15BrN2O2S/c1-9(2)18(16,17)6-5-15-12-4-3-11(13)7-10(12)8-14/h3-4,7,9,15H,5-6H2,1-2H3. The molecule has 0 fully saturated rings. The van der Waals surface area contributed by atoms with Gasteiger partial charge in [0, 0.05) is 11.0 Å². The van der Waals surface area contributed by atoms with Crippen LogP contribution in [-0.2, 0) is 9.84 Å². The second-order valence-corrected chi connectivity index (χ2v) is 7.74. The topological polar surface area (TPSA) is 70.0 Å². The summed E-state index contributed by atoms with van der Waals surface area (Å²) in [6.07, 6.45) is 0. The lowest BCUT2D eigenvalue weighted by Gasteiger charge is -2.10. The lowest BCUT2D eigenvalue weighted by Crippen LogP contribution is -2.23. The van der Waals surface area contributed by atoms with Gasteiger partial charge in [-0.1, -0.05) is 15.9 Å². The maximum atomic E-state index is 11.6. The average Bonchev–Trinajstić information content (AvgIpc) is 2.30. The minimum absolute atomic E-state index is 0.0611. The summed E-state index contributed by atoms with van der Waals surface area (Å²) in [6, 6.07) is 7.32. The normalized spacial score (nSPS) is 11.3. The fourth-order valence-electron chi connectivity index (χ4n) is 1.33. The number of halogens is 1. The van der Waals surface area contributed by atoms with E-state index >= 15 is 0 Å². The molecule has 0 unspecified atom stereocenters. The number of nitrogens with zero attached hydrogens (tertiary/aromatic N) is 1. The number of rotatable bonds is 5. The number of benzene rings is 1. The smallest absolute Gasteiger partial charge is 0.154 e. The van der Waals surface area contributed by atoms with Gasteiger partial charge in [0.2, 0.25) is 0 Å². The molecule has 0 spiro atoms. The Kier molecular flexibility index (Phi) is 5.17. The van der Waals surface area contributed by atoms with Gasteiger partial charge < -0.3 is 5.32 Å². The summed E-state index contributed by atoms with van der Waals surface area (Å²) in [4.78, 5) is 0. The van der Waals surface area contributed by atoms with Crippen LogP contribution in [0.2, 0.25) is 0 Å². The number of hydrogen-bond acceptors (Lipinski definition) is 4. The third-order valence-corrected chi connectivity index (χ3v) is 5.23. The Labute approximate surface area is 116 Å². The first-order valence-corrected chi connectivity index (χ1v) is 8.03. The molecule has 6 heteroatoms. The summed E-state index contributed by atoms with van der Waals surface area (Å²) < 4.78 is 24.1. The van der Waals surface area contributed by atoms with E-state index in [0.29, 0.717) is 17.8 Å². The summed E-state index contributed by atoms with van der Waals surface area (Å²) in [5, 5.41) is 11.6. The quantitative estimate of drug-likeness (QED) is 0.900. The van der Waals surface area contributed by atoms with E-state index in [1.54, 1.807) is 32.0 Å². The van der Waals surface area contributed by atoms with Crippen LogP contribution in [0.3, 0.4) is 0 Å². The van der Waals surface area contributed by atoms with Crippen molar-refractivity contribution in [2.24, 2.45) is 0 Å². The number of sulfone groups is 1. The first-order valence-electron chi connectivity index (χ1n) is 5.52. The van der Waals surface area contributed by atoms with Crippen LogP contribution in [0.25, 0.3) is 0 Å². The number of nitriles is 1. The fraction of sp³-hybridized carbons (Fsp3) is 0.417. The van der Waals surface area contributed by atoms with Crippen LogP contribution >= 0.6 is 15.9 Å². The van der Waals surface area contributed by atoms with E-state index < -0.39 is 9.84 Å². The highest BCUT2D eigenvalue weighted by molar-refractivity contribution is 9.10. The molecular formula is C12H15BrN2O2S. The van der Waals surface area contributed by atoms with Crippen molar-refractivity contribution in [2.45, 2.75) is 19.1 Å². The Morgan fingerprint density at radius 2 is 2.11 bits per heavy atom. The van der Waals surface area contributed by atoms with Crippen LogP contribution in [0.1, 0.15) is 19.4 Å². The Morgan fingerprint density at radius 1 is 1.44 bits per heavy atom. The maximum Gasteiger partial charge on any atom is 0.154 e. The molecule has 1 aromatic carbocycles. The first kappa shape index (κ1) is 15.0. The van der Waals surface area contributed by atoms with Gasteiger partial charge in [-0.15, -0.1) is 0 Å². The van der Waals surface area contributed by atoms with Crippen molar-refractivity contribution in [3.05, 3.63) is 28.2 Å². The zero-order valence-electron chi connectivity index (χ0n) is 10.3. The van der Waals surface area contributed by atoms with Crippen LogP contribution in [0.4, 0.5) is 5.69 Å². The highest BCUT2D eigenvalue weighted by Gasteiger charge is 2.15. The number of anilines is 1. The van der Waals surface area contributed by atoms with Crippen LogP contribution < -0.4 is 5.32 Å². The van der Waals surface area contributed by atoms with Crippen LogP contribution in [0, 0.1) is 11.3 Å².